The SMILES string of the molecule is CCCCNC(=O)C(c1cccc(C)c1O)N(CCCC)C(=O)C(CCC(N)=O)NC(=O)OC(C)(C)C. The van der Waals surface area contributed by atoms with Crippen molar-refractivity contribution in [2.75, 3.05) is 13.1 Å². The maximum Gasteiger partial charge on any atom is 0.408 e. The number of aryl methyl sites for hydroxylation is 1. The fourth-order valence-corrected chi connectivity index (χ4v) is 3.73. The number of rotatable bonds is 14. The first-order chi connectivity index (χ1) is 17.3. The third-order valence-electron chi connectivity index (χ3n) is 5.66. The zero-order chi connectivity index (χ0) is 28.2. The summed E-state index contributed by atoms with van der Waals surface area (Å²) in [5, 5.41) is 16.3. The Balaban J connectivity index is 3.52. The molecule has 37 heavy (non-hydrogen) atoms. The molecular formula is C27H44N4O6. The lowest BCUT2D eigenvalue weighted by molar-refractivity contribution is -0.143. The Bertz CT molecular complexity index is 928. The number of nitrogens with zero attached hydrogens (tertiary/aromatic N) is 1. The second kappa shape index (κ2) is 15.1. The first-order valence-corrected chi connectivity index (χ1v) is 13.0. The third kappa shape index (κ3) is 10.7. The van der Waals surface area contributed by atoms with Crippen LogP contribution in [0, 0.1) is 6.92 Å². The minimum absolute atomic E-state index is 0.0694. The number of benzene rings is 1. The Morgan fingerprint density at radius 1 is 1.11 bits per heavy atom. The summed E-state index contributed by atoms with van der Waals surface area (Å²) in [4.78, 5) is 52.9. The number of phenols is 1. The number of primary amides is 1. The van der Waals surface area contributed by atoms with Crippen molar-refractivity contribution < 1.29 is 29.0 Å². The lowest BCUT2D eigenvalue weighted by atomic mass is 9.98. The van der Waals surface area contributed by atoms with Gasteiger partial charge in [-0.25, -0.2) is 4.79 Å². The van der Waals surface area contributed by atoms with Gasteiger partial charge in [0.25, 0.3) is 0 Å². The van der Waals surface area contributed by atoms with Gasteiger partial charge in [0.2, 0.25) is 17.7 Å². The van der Waals surface area contributed by atoms with Crippen LogP contribution in [0.5, 0.6) is 5.75 Å². The molecule has 10 nitrogen and oxygen atoms in total. The van der Waals surface area contributed by atoms with Gasteiger partial charge in [-0.3, -0.25) is 14.4 Å². The molecule has 0 aliphatic carbocycles. The minimum atomic E-state index is -1.17. The molecule has 0 aliphatic rings. The molecule has 208 valence electrons. The highest BCUT2D eigenvalue weighted by Crippen LogP contribution is 2.32. The van der Waals surface area contributed by atoms with Crippen LogP contribution in [0.4, 0.5) is 4.79 Å². The molecule has 0 aliphatic heterocycles. The zero-order valence-corrected chi connectivity index (χ0v) is 23.1. The first kappa shape index (κ1) is 31.7. The van der Waals surface area contributed by atoms with Gasteiger partial charge in [0.15, 0.2) is 0 Å². The summed E-state index contributed by atoms with van der Waals surface area (Å²) in [7, 11) is 0. The average Bonchev–Trinajstić information content (AvgIpc) is 2.80. The quantitative estimate of drug-likeness (QED) is 0.276. The van der Waals surface area contributed by atoms with Gasteiger partial charge in [0.1, 0.15) is 23.4 Å². The molecule has 0 saturated heterocycles. The molecule has 0 aromatic heterocycles. The van der Waals surface area contributed by atoms with Crippen molar-refractivity contribution in [3.8, 4) is 5.75 Å². The molecule has 0 bridgehead atoms. The number of nitrogens with two attached hydrogens (primary N) is 1. The van der Waals surface area contributed by atoms with Crippen LogP contribution in [0.15, 0.2) is 18.2 Å². The third-order valence-corrected chi connectivity index (χ3v) is 5.66. The van der Waals surface area contributed by atoms with Gasteiger partial charge in [-0.05, 0) is 52.5 Å². The molecule has 2 atom stereocenters. The normalized spacial score (nSPS) is 12.8. The number of aromatic hydroxyl groups is 1. The average molecular weight is 521 g/mol. The van der Waals surface area contributed by atoms with E-state index in [4.69, 9.17) is 10.5 Å². The van der Waals surface area contributed by atoms with Crippen LogP contribution in [-0.4, -0.2) is 58.6 Å². The van der Waals surface area contributed by atoms with Crippen molar-refractivity contribution in [2.45, 2.75) is 97.8 Å². The zero-order valence-electron chi connectivity index (χ0n) is 23.1. The molecule has 0 heterocycles. The van der Waals surface area contributed by atoms with Crippen LogP contribution in [0.25, 0.3) is 0 Å². The molecule has 5 N–H and O–H groups in total. The number of hydrogen-bond acceptors (Lipinski definition) is 6. The van der Waals surface area contributed by atoms with Crippen molar-refractivity contribution in [2.24, 2.45) is 5.73 Å². The fraction of sp³-hybridized carbons (Fsp3) is 0.630. The summed E-state index contributed by atoms with van der Waals surface area (Å²) < 4.78 is 5.32. The van der Waals surface area contributed by atoms with Gasteiger partial charge in [0, 0.05) is 25.1 Å². The van der Waals surface area contributed by atoms with E-state index in [1.54, 1.807) is 45.9 Å². The van der Waals surface area contributed by atoms with Crippen LogP contribution >= 0.6 is 0 Å². The summed E-state index contributed by atoms with van der Waals surface area (Å²) in [6.07, 6.45) is 1.88. The highest BCUT2D eigenvalue weighted by atomic mass is 16.6. The number of nitrogens with one attached hydrogen (secondary N) is 2. The minimum Gasteiger partial charge on any atom is -0.507 e. The van der Waals surface area contributed by atoms with E-state index in [0.29, 0.717) is 18.5 Å². The van der Waals surface area contributed by atoms with Gasteiger partial charge >= 0.3 is 6.09 Å². The molecule has 1 aromatic rings. The van der Waals surface area contributed by atoms with Crippen LogP contribution < -0.4 is 16.4 Å². The Kier molecular flexibility index (Phi) is 12.9. The van der Waals surface area contributed by atoms with E-state index >= 15 is 0 Å². The second-order valence-electron chi connectivity index (χ2n) is 10.1. The van der Waals surface area contributed by atoms with Crippen molar-refractivity contribution in [3.05, 3.63) is 29.3 Å². The Morgan fingerprint density at radius 2 is 1.76 bits per heavy atom. The molecular weight excluding hydrogens is 476 g/mol. The summed E-state index contributed by atoms with van der Waals surface area (Å²) in [6.45, 7) is 11.3. The van der Waals surface area contributed by atoms with E-state index in [1.165, 1.54) is 4.90 Å². The number of carbonyl (C=O) groups excluding carboxylic acids is 4. The molecule has 0 saturated carbocycles. The summed E-state index contributed by atoms with van der Waals surface area (Å²) in [5.41, 5.74) is 5.36. The standard InChI is InChI=1S/C27H44N4O6/c1-7-9-16-29-24(34)22(19-13-11-12-18(3)23(19)33)31(17-10-8-2)25(35)20(14-15-21(28)32)30-26(36)37-27(4,5)6/h11-13,20,22,33H,7-10,14-17H2,1-6H3,(H2,28,32)(H,29,34)(H,30,36). The molecule has 1 aromatic carbocycles. The maximum absolute atomic E-state index is 14.0. The van der Waals surface area contributed by atoms with Crippen LogP contribution in [0.2, 0.25) is 0 Å². The molecule has 10 heteroatoms. The first-order valence-electron chi connectivity index (χ1n) is 13.0. The van der Waals surface area contributed by atoms with Gasteiger partial charge in [-0.1, -0.05) is 44.9 Å². The summed E-state index contributed by atoms with van der Waals surface area (Å²) in [6, 6.07) is 2.72. The van der Waals surface area contributed by atoms with Crippen molar-refractivity contribution in [1.82, 2.24) is 15.5 Å². The van der Waals surface area contributed by atoms with Crippen molar-refractivity contribution >= 4 is 23.8 Å². The van der Waals surface area contributed by atoms with E-state index < -0.39 is 41.5 Å². The van der Waals surface area contributed by atoms with Gasteiger partial charge in [0.05, 0.1) is 0 Å². The number of phenolic OH excluding ortho intramolecular Hbond substituents is 1. The monoisotopic (exact) mass is 520 g/mol. The highest BCUT2D eigenvalue weighted by Gasteiger charge is 2.37. The number of carbonyl (C=O) groups is 4. The van der Waals surface area contributed by atoms with Crippen LogP contribution in [-0.2, 0) is 19.1 Å². The Hall–Kier alpha value is -3.30. The summed E-state index contributed by atoms with van der Waals surface area (Å²) >= 11 is 0. The number of para-hydroxylation sites is 1. The van der Waals surface area contributed by atoms with Gasteiger partial charge < -0.3 is 31.1 Å². The number of hydrogen-bond donors (Lipinski definition) is 4. The van der Waals surface area contributed by atoms with E-state index in [0.717, 1.165) is 19.3 Å². The predicted octanol–water partition coefficient (Wildman–Crippen LogP) is 3.45. The molecule has 2 unspecified atom stereocenters. The largest absolute Gasteiger partial charge is 0.507 e. The topological polar surface area (TPSA) is 151 Å². The molecule has 0 fully saturated rings. The van der Waals surface area contributed by atoms with E-state index in [-0.39, 0.29) is 30.7 Å². The molecule has 0 radical (unpaired) electrons. The molecule has 0 spiro atoms. The fourth-order valence-electron chi connectivity index (χ4n) is 3.73. The van der Waals surface area contributed by atoms with Gasteiger partial charge in [-0.2, -0.15) is 0 Å². The molecule has 1 rings (SSSR count). The highest BCUT2D eigenvalue weighted by molar-refractivity contribution is 5.93. The number of ether oxygens (including phenoxy) is 1. The number of unbranched alkanes of at least 4 members (excludes halogenated alkanes) is 2. The number of amides is 4. The Morgan fingerprint density at radius 3 is 2.32 bits per heavy atom. The van der Waals surface area contributed by atoms with E-state index in [2.05, 4.69) is 10.6 Å². The lowest BCUT2D eigenvalue weighted by Gasteiger charge is -2.35. The van der Waals surface area contributed by atoms with Crippen LogP contribution in [0.3, 0.4) is 0 Å². The number of alkyl carbamates (subject to hydrolysis) is 1. The maximum atomic E-state index is 14.0. The van der Waals surface area contributed by atoms with Crippen molar-refractivity contribution in [1.29, 1.82) is 0 Å². The lowest BCUT2D eigenvalue weighted by Crippen LogP contribution is -2.53. The van der Waals surface area contributed by atoms with Crippen LogP contribution in [0.1, 0.15) is 90.3 Å². The van der Waals surface area contributed by atoms with Gasteiger partial charge in [-0.15, -0.1) is 0 Å². The van der Waals surface area contributed by atoms with Crippen molar-refractivity contribution in [3.63, 3.8) is 0 Å². The molecule has 4 amide bonds. The van der Waals surface area contributed by atoms with E-state index in [9.17, 15) is 24.3 Å². The summed E-state index contributed by atoms with van der Waals surface area (Å²) in [5.74, 6) is -1.72. The Labute approximate surface area is 220 Å². The van der Waals surface area contributed by atoms with E-state index in [1.807, 2.05) is 13.8 Å². The second-order valence-corrected chi connectivity index (χ2v) is 10.1. The smallest absolute Gasteiger partial charge is 0.408 e. The predicted molar refractivity (Wildman–Crippen MR) is 142 cm³/mol.